The molecule has 0 fully saturated rings. The van der Waals surface area contributed by atoms with E-state index in [1.807, 2.05) is 30.6 Å². The average Bonchev–Trinajstić information content (AvgIpc) is 3.85. The van der Waals surface area contributed by atoms with Gasteiger partial charge in [-0.05, 0) is 71.9 Å². The first-order chi connectivity index (χ1) is 22.7. The van der Waals surface area contributed by atoms with Crippen LogP contribution in [0.1, 0.15) is 49.6 Å². The van der Waals surface area contributed by atoms with Gasteiger partial charge in [-0.3, -0.25) is 0 Å². The Morgan fingerprint density at radius 2 is 1.67 bits per heavy atom. The van der Waals surface area contributed by atoms with E-state index in [0.717, 1.165) is 90.0 Å². The summed E-state index contributed by atoms with van der Waals surface area (Å²) in [5.74, 6) is 2.59. The number of H-pyrrole nitrogens is 1. The second kappa shape index (κ2) is 13.4. The van der Waals surface area contributed by atoms with Crippen LogP contribution in [-0.4, -0.2) is 46.3 Å². The van der Waals surface area contributed by atoms with E-state index >= 15 is 0 Å². The fourth-order valence-corrected chi connectivity index (χ4v) is 6.13. The van der Waals surface area contributed by atoms with E-state index in [4.69, 9.17) is 9.72 Å². The maximum Gasteiger partial charge on any atom is 0.205 e. The van der Waals surface area contributed by atoms with Crippen molar-refractivity contribution in [2.75, 3.05) is 6.61 Å². The Labute approximate surface area is 268 Å². The maximum absolute atomic E-state index is 6.50. The van der Waals surface area contributed by atoms with Crippen LogP contribution in [0.2, 0.25) is 0 Å². The van der Waals surface area contributed by atoms with Gasteiger partial charge >= 0.3 is 0 Å². The average molecular weight is 611 g/mol. The Balaban J connectivity index is 1.11. The van der Waals surface area contributed by atoms with E-state index in [1.165, 1.54) is 16.6 Å². The summed E-state index contributed by atoms with van der Waals surface area (Å²) in [5.41, 5.74) is 9.82. The minimum absolute atomic E-state index is 0.586. The van der Waals surface area contributed by atoms with Gasteiger partial charge < -0.3 is 13.9 Å². The number of aryl methyl sites for hydroxylation is 3. The lowest BCUT2D eigenvalue weighted by molar-refractivity contribution is 0.305. The number of rotatable bonds is 13. The van der Waals surface area contributed by atoms with E-state index in [-0.39, 0.29) is 0 Å². The first-order valence-corrected chi connectivity index (χ1v) is 16.1. The van der Waals surface area contributed by atoms with Crippen LogP contribution in [0.4, 0.5) is 0 Å². The van der Waals surface area contributed by atoms with Crippen LogP contribution in [0, 0.1) is 6.92 Å². The Kier molecular flexibility index (Phi) is 8.54. The predicted octanol–water partition coefficient (Wildman–Crippen LogP) is 7.79. The van der Waals surface area contributed by atoms with E-state index in [0.29, 0.717) is 12.4 Å². The zero-order valence-electron chi connectivity index (χ0n) is 26.4. The van der Waals surface area contributed by atoms with Crippen molar-refractivity contribution in [2.24, 2.45) is 0 Å². The number of nitrogens with zero attached hydrogens (tertiary/aromatic N) is 7. The lowest BCUT2D eigenvalue weighted by Gasteiger charge is -2.14. The molecule has 0 saturated heterocycles. The van der Waals surface area contributed by atoms with Crippen molar-refractivity contribution in [1.29, 1.82) is 0 Å². The first-order valence-electron chi connectivity index (χ1n) is 16.1. The summed E-state index contributed by atoms with van der Waals surface area (Å²) in [7, 11) is 0. The number of imidazole rings is 2. The maximum atomic E-state index is 6.50. The van der Waals surface area contributed by atoms with Gasteiger partial charge in [-0.15, -0.1) is 10.2 Å². The summed E-state index contributed by atoms with van der Waals surface area (Å²) in [6.45, 7) is 6.65. The molecule has 0 aliphatic rings. The second-order valence-electron chi connectivity index (χ2n) is 11.8. The number of aromatic nitrogens is 8. The molecule has 0 atom stereocenters. The summed E-state index contributed by atoms with van der Waals surface area (Å²) in [6, 6.07) is 29.4. The topological polar surface area (TPSA) is 99.3 Å². The summed E-state index contributed by atoms with van der Waals surface area (Å²) in [5, 5.41) is 14.7. The molecule has 3 heterocycles. The molecule has 0 aliphatic carbocycles. The van der Waals surface area contributed by atoms with Crippen molar-refractivity contribution >= 4 is 22.1 Å². The molecule has 7 rings (SSSR count). The highest BCUT2D eigenvalue weighted by atomic mass is 16.5. The molecule has 46 heavy (non-hydrogen) atoms. The minimum atomic E-state index is 0.586. The van der Waals surface area contributed by atoms with Crippen LogP contribution in [0.3, 0.4) is 0 Å². The molecule has 0 spiro atoms. The summed E-state index contributed by atoms with van der Waals surface area (Å²) in [6.07, 6.45) is 7.04. The SMILES string of the molecule is CCCCc1nc2c(C)ccc(OCCCCn3cnc4ccccc43)c2n1Cc1ccc(-c2ccccc2-c2nn[nH]n2)cc1. The Hall–Kier alpha value is -5.31. The zero-order valence-corrected chi connectivity index (χ0v) is 26.4. The standard InChI is InChI=1S/C37H38N8O/c1-3-4-15-34-39-35-26(2)16-21-33(46-23-10-9-22-44-25-38-31-13-7-8-14-32(31)44)36(35)45(34)24-27-17-19-28(20-18-27)29-11-5-6-12-30(29)37-40-42-43-41-37/h5-8,11-14,16-21,25H,3-4,9-10,15,22-24H2,1-2H3,(H,40,41,42,43). The van der Waals surface area contributed by atoms with Crippen LogP contribution in [0.15, 0.2) is 91.3 Å². The molecule has 4 aromatic carbocycles. The lowest BCUT2D eigenvalue weighted by atomic mass is 9.98. The van der Waals surface area contributed by atoms with E-state index in [1.54, 1.807) is 0 Å². The third-order valence-electron chi connectivity index (χ3n) is 8.59. The molecule has 0 bridgehead atoms. The fraction of sp³-hybridized carbons (Fsp3) is 0.270. The Morgan fingerprint density at radius 1 is 0.848 bits per heavy atom. The van der Waals surface area contributed by atoms with Crippen LogP contribution >= 0.6 is 0 Å². The highest BCUT2D eigenvalue weighted by Gasteiger charge is 2.18. The smallest absolute Gasteiger partial charge is 0.205 e. The van der Waals surface area contributed by atoms with Crippen molar-refractivity contribution in [3.8, 4) is 28.3 Å². The van der Waals surface area contributed by atoms with Crippen LogP contribution in [-0.2, 0) is 19.5 Å². The van der Waals surface area contributed by atoms with Gasteiger partial charge in [-0.2, -0.15) is 5.21 Å². The lowest BCUT2D eigenvalue weighted by Crippen LogP contribution is -2.07. The zero-order chi connectivity index (χ0) is 31.3. The molecule has 1 N–H and O–H groups in total. The Bertz CT molecular complexity index is 2060. The number of nitrogens with one attached hydrogen (secondary N) is 1. The summed E-state index contributed by atoms with van der Waals surface area (Å²) < 4.78 is 11.1. The van der Waals surface area contributed by atoms with Crippen molar-refractivity contribution in [3.63, 3.8) is 0 Å². The molecule has 0 aliphatic heterocycles. The number of fused-ring (bicyclic) bond motifs is 2. The molecule has 3 aromatic heterocycles. The number of benzene rings is 4. The minimum Gasteiger partial charge on any atom is -0.491 e. The van der Waals surface area contributed by atoms with E-state index < -0.39 is 0 Å². The van der Waals surface area contributed by atoms with Crippen LogP contribution in [0.25, 0.3) is 44.6 Å². The number of aromatic amines is 1. The molecule has 9 nitrogen and oxygen atoms in total. The number of unbranched alkanes of at least 4 members (excludes halogenated alkanes) is 2. The largest absolute Gasteiger partial charge is 0.491 e. The fourth-order valence-electron chi connectivity index (χ4n) is 6.13. The van der Waals surface area contributed by atoms with Gasteiger partial charge in [0.25, 0.3) is 0 Å². The quantitative estimate of drug-likeness (QED) is 0.134. The van der Waals surface area contributed by atoms with Gasteiger partial charge in [0.2, 0.25) is 5.82 Å². The number of para-hydroxylation sites is 2. The van der Waals surface area contributed by atoms with E-state index in [2.05, 4.69) is 109 Å². The predicted molar refractivity (Wildman–Crippen MR) is 182 cm³/mol. The second-order valence-corrected chi connectivity index (χ2v) is 11.8. The number of hydrogen-bond acceptors (Lipinski definition) is 6. The number of tetrazole rings is 1. The number of ether oxygens (including phenoxy) is 1. The van der Waals surface area contributed by atoms with Crippen molar-refractivity contribution in [2.45, 2.75) is 59.0 Å². The summed E-state index contributed by atoms with van der Waals surface area (Å²) in [4.78, 5) is 9.69. The van der Waals surface area contributed by atoms with Gasteiger partial charge in [0.1, 0.15) is 17.1 Å². The molecule has 9 heteroatoms. The van der Waals surface area contributed by atoms with Crippen LogP contribution < -0.4 is 4.74 Å². The molecular formula is C37H38N8O. The summed E-state index contributed by atoms with van der Waals surface area (Å²) >= 11 is 0. The highest BCUT2D eigenvalue weighted by Crippen LogP contribution is 2.33. The van der Waals surface area contributed by atoms with Crippen molar-refractivity contribution < 1.29 is 4.74 Å². The molecular weight excluding hydrogens is 572 g/mol. The molecule has 0 saturated carbocycles. The molecule has 232 valence electrons. The van der Waals surface area contributed by atoms with Crippen LogP contribution in [0.5, 0.6) is 5.75 Å². The van der Waals surface area contributed by atoms with Crippen molar-refractivity contribution in [1.82, 2.24) is 39.7 Å². The van der Waals surface area contributed by atoms with E-state index in [9.17, 15) is 0 Å². The third-order valence-corrected chi connectivity index (χ3v) is 8.59. The van der Waals surface area contributed by atoms with Gasteiger partial charge in [-0.1, -0.05) is 80.1 Å². The molecule has 0 radical (unpaired) electrons. The van der Waals surface area contributed by atoms with Gasteiger partial charge in [0.15, 0.2) is 0 Å². The molecule has 0 amide bonds. The van der Waals surface area contributed by atoms with Crippen molar-refractivity contribution in [3.05, 3.63) is 108 Å². The first kappa shape index (κ1) is 29.4. The number of hydrogen-bond donors (Lipinski definition) is 1. The Morgan fingerprint density at radius 3 is 2.50 bits per heavy atom. The van der Waals surface area contributed by atoms with Gasteiger partial charge in [0.05, 0.1) is 29.5 Å². The molecule has 0 unspecified atom stereocenters. The monoisotopic (exact) mass is 610 g/mol. The van der Waals surface area contributed by atoms with Gasteiger partial charge in [0, 0.05) is 25.1 Å². The van der Waals surface area contributed by atoms with Gasteiger partial charge in [-0.25, -0.2) is 9.97 Å². The highest BCUT2D eigenvalue weighted by molar-refractivity contribution is 5.86. The molecule has 7 aromatic rings. The third kappa shape index (κ3) is 6.00. The normalized spacial score (nSPS) is 11.5.